The van der Waals surface area contributed by atoms with Crippen molar-refractivity contribution in [3.63, 3.8) is 0 Å². The lowest BCUT2D eigenvalue weighted by Crippen LogP contribution is -2.29. The van der Waals surface area contributed by atoms with Gasteiger partial charge in [0.15, 0.2) is 0 Å². The van der Waals surface area contributed by atoms with Gasteiger partial charge in [-0.25, -0.2) is 5.06 Å². The van der Waals surface area contributed by atoms with Gasteiger partial charge in [-0.1, -0.05) is 0 Å². The molecule has 13 heavy (non-hydrogen) atoms. The summed E-state index contributed by atoms with van der Waals surface area (Å²) < 4.78 is 0. The molecule has 1 amide bonds. The number of rotatable bonds is 2. The molecule has 0 bridgehead atoms. The van der Waals surface area contributed by atoms with Crippen LogP contribution in [0.5, 0.6) is 0 Å². The van der Waals surface area contributed by atoms with Gasteiger partial charge in [0.05, 0.1) is 6.61 Å². The Morgan fingerprint density at radius 2 is 2.31 bits per heavy atom. The van der Waals surface area contributed by atoms with Gasteiger partial charge < -0.3 is 0 Å². The van der Waals surface area contributed by atoms with Crippen LogP contribution in [0.25, 0.3) is 0 Å². The van der Waals surface area contributed by atoms with Gasteiger partial charge in [-0.3, -0.25) is 9.63 Å². The molecule has 0 saturated carbocycles. The van der Waals surface area contributed by atoms with Crippen molar-refractivity contribution in [3.05, 3.63) is 11.5 Å². The number of hydrogen-bond donors (Lipinski definition) is 0. The van der Waals surface area contributed by atoms with Crippen molar-refractivity contribution >= 4 is 17.7 Å². The lowest BCUT2D eigenvalue weighted by Gasteiger charge is -2.16. The fourth-order valence-electron chi connectivity index (χ4n) is 1.16. The van der Waals surface area contributed by atoms with E-state index in [9.17, 15) is 4.79 Å². The normalized spacial score (nSPS) is 19.0. The molecule has 4 heteroatoms. The van der Waals surface area contributed by atoms with Gasteiger partial charge in [0.2, 0.25) is 0 Å². The molecule has 1 heterocycles. The molecule has 0 N–H and O–H groups in total. The van der Waals surface area contributed by atoms with E-state index < -0.39 is 0 Å². The van der Waals surface area contributed by atoms with Crippen LogP contribution in [0.15, 0.2) is 11.5 Å². The minimum absolute atomic E-state index is 0.0451. The second kappa shape index (κ2) is 6.05. The predicted octanol–water partition coefficient (Wildman–Crippen LogP) is 1.81. The summed E-state index contributed by atoms with van der Waals surface area (Å²) in [4.78, 5) is 16.7. The Morgan fingerprint density at radius 3 is 3.08 bits per heavy atom. The van der Waals surface area contributed by atoms with Gasteiger partial charge in [-0.05, 0) is 30.9 Å². The molecule has 74 valence electrons. The Bertz CT molecular complexity index is 186. The van der Waals surface area contributed by atoms with Crippen LogP contribution in [0.4, 0.5) is 0 Å². The first kappa shape index (κ1) is 10.6. The van der Waals surface area contributed by atoms with Crippen LogP contribution in [-0.4, -0.2) is 30.4 Å². The monoisotopic (exact) mass is 201 g/mol. The van der Waals surface area contributed by atoms with Crippen molar-refractivity contribution in [2.75, 3.05) is 19.4 Å². The molecular formula is C9H15NO2S. The predicted molar refractivity (Wildman–Crippen MR) is 54.2 cm³/mol. The van der Waals surface area contributed by atoms with Gasteiger partial charge in [-0.15, -0.1) is 11.8 Å². The van der Waals surface area contributed by atoms with E-state index in [1.165, 1.54) is 16.8 Å². The van der Waals surface area contributed by atoms with E-state index in [2.05, 4.69) is 0 Å². The van der Waals surface area contributed by atoms with Crippen molar-refractivity contribution in [1.29, 1.82) is 0 Å². The molecule has 1 rings (SSSR count). The molecule has 3 nitrogen and oxygen atoms in total. The van der Waals surface area contributed by atoms with Crippen LogP contribution in [0.3, 0.4) is 0 Å². The van der Waals surface area contributed by atoms with Crippen molar-refractivity contribution < 1.29 is 9.63 Å². The number of nitrogens with zero attached hydrogens (tertiary/aromatic N) is 1. The minimum Gasteiger partial charge on any atom is -0.271 e. The zero-order valence-corrected chi connectivity index (χ0v) is 8.68. The second-order valence-corrected chi connectivity index (χ2v) is 3.62. The van der Waals surface area contributed by atoms with Crippen LogP contribution in [0.1, 0.15) is 19.3 Å². The van der Waals surface area contributed by atoms with Gasteiger partial charge in [-0.2, -0.15) is 0 Å². The van der Waals surface area contributed by atoms with Gasteiger partial charge in [0.25, 0.3) is 5.91 Å². The summed E-state index contributed by atoms with van der Waals surface area (Å²) in [7, 11) is 0. The van der Waals surface area contributed by atoms with Crippen molar-refractivity contribution in [3.8, 4) is 0 Å². The van der Waals surface area contributed by atoms with Crippen LogP contribution < -0.4 is 0 Å². The third-order valence-electron chi connectivity index (χ3n) is 1.85. The highest BCUT2D eigenvalue weighted by Crippen LogP contribution is 2.08. The number of amides is 1. The lowest BCUT2D eigenvalue weighted by molar-refractivity contribution is -0.177. The molecule has 0 aliphatic carbocycles. The molecule has 0 aromatic rings. The zero-order chi connectivity index (χ0) is 9.52. The highest BCUT2D eigenvalue weighted by atomic mass is 32.2. The first-order valence-corrected chi connectivity index (χ1v) is 5.77. The first-order chi connectivity index (χ1) is 6.34. The Balaban J connectivity index is 2.39. The largest absolute Gasteiger partial charge is 0.271 e. The topological polar surface area (TPSA) is 29.5 Å². The fourth-order valence-corrected chi connectivity index (χ4v) is 1.41. The maximum atomic E-state index is 11.4. The second-order valence-electron chi connectivity index (χ2n) is 2.87. The summed E-state index contributed by atoms with van der Waals surface area (Å²) in [6.45, 7) is 1.39. The summed E-state index contributed by atoms with van der Waals surface area (Å²) in [5.74, 6) is -0.0451. The van der Waals surface area contributed by atoms with Gasteiger partial charge >= 0.3 is 0 Å². The molecule has 1 fully saturated rings. The fraction of sp³-hybridized carbons (Fsp3) is 0.667. The van der Waals surface area contributed by atoms with E-state index in [4.69, 9.17) is 4.84 Å². The van der Waals surface area contributed by atoms with E-state index in [-0.39, 0.29) is 5.91 Å². The van der Waals surface area contributed by atoms with Crippen LogP contribution in [0.2, 0.25) is 0 Å². The first-order valence-electron chi connectivity index (χ1n) is 4.48. The molecule has 1 aliphatic rings. The number of carbonyl (C=O) groups is 1. The van der Waals surface area contributed by atoms with E-state index in [0.717, 1.165) is 25.8 Å². The smallest absolute Gasteiger partial charge is 0.270 e. The Morgan fingerprint density at radius 1 is 1.46 bits per heavy atom. The molecule has 1 saturated heterocycles. The van der Waals surface area contributed by atoms with Crippen molar-refractivity contribution in [2.45, 2.75) is 19.3 Å². The molecule has 0 radical (unpaired) electrons. The summed E-state index contributed by atoms with van der Waals surface area (Å²) in [6.07, 6.45) is 6.72. The summed E-state index contributed by atoms with van der Waals surface area (Å²) >= 11 is 1.52. The number of carbonyl (C=O) groups excluding carboxylic acids is 1. The number of hydroxylamine groups is 2. The average Bonchev–Trinajstić information content (AvgIpc) is 2.42. The molecular weight excluding hydrogens is 186 g/mol. The molecule has 0 unspecified atom stereocenters. The van der Waals surface area contributed by atoms with Gasteiger partial charge in [0, 0.05) is 12.6 Å². The summed E-state index contributed by atoms with van der Waals surface area (Å²) in [5, 5.41) is 3.23. The summed E-state index contributed by atoms with van der Waals surface area (Å²) in [5.41, 5.74) is 0. The molecule has 1 aliphatic heterocycles. The molecule has 0 aromatic carbocycles. The Labute approximate surface area is 83.1 Å². The maximum Gasteiger partial charge on any atom is 0.270 e. The van der Waals surface area contributed by atoms with Crippen LogP contribution in [0, 0.1) is 0 Å². The average molecular weight is 201 g/mol. The minimum atomic E-state index is -0.0451. The van der Waals surface area contributed by atoms with Crippen molar-refractivity contribution in [2.24, 2.45) is 0 Å². The van der Waals surface area contributed by atoms with Crippen LogP contribution >= 0.6 is 11.8 Å². The van der Waals surface area contributed by atoms with E-state index in [1.807, 2.05) is 6.26 Å². The van der Waals surface area contributed by atoms with Crippen LogP contribution in [-0.2, 0) is 9.63 Å². The third kappa shape index (κ3) is 3.83. The standard InChI is InChI=1S/C9H15NO2S/c1-13-8-5-9(11)10-6-3-2-4-7-12-10/h5,8H,2-4,6-7H2,1H3/b8-5+. The third-order valence-corrected chi connectivity index (χ3v) is 2.25. The molecule has 0 atom stereocenters. The highest BCUT2D eigenvalue weighted by molar-refractivity contribution is 8.01. The zero-order valence-electron chi connectivity index (χ0n) is 7.86. The Hall–Kier alpha value is -0.480. The maximum absolute atomic E-state index is 11.4. The van der Waals surface area contributed by atoms with E-state index in [1.54, 1.807) is 11.5 Å². The number of thioether (sulfide) groups is 1. The van der Waals surface area contributed by atoms with Crippen molar-refractivity contribution in [1.82, 2.24) is 5.06 Å². The summed E-state index contributed by atoms with van der Waals surface area (Å²) in [6, 6.07) is 0. The highest BCUT2D eigenvalue weighted by Gasteiger charge is 2.13. The molecule has 0 spiro atoms. The Kier molecular flexibility index (Phi) is 4.93. The van der Waals surface area contributed by atoms with E-state index in [0.29, 0.717) is 6.61 Å². The lowest BCUT2D eigenvalue weighted by atomic mass is 10.2. The van der Waals surface area contributed by atoms with E-state index >= 15 is 0 Å². The SMILES string of the molecule is CS/C=C/C(=O)N1CCCCCO1. The van der Waals surface area contributed by atoms with Gasteiger partial charge in [0.1, 0.15) is 0 Å². The quantitative estimate of drug-likeness (QED) is 0.638. The number of hydrogen-bond acceptors (Lipinski definition) is 3. The molecule has 0 aromatic heterocycles.